The number of aryl methyl sites for hydroxylation is 2. The molecule has 0 radical (unpaired) electrons. The van der Waals surface area contributed by atoms with Crippen LogP contribution in [-0.4, -0.2) is 96.1 Å². The van der Waals surface area contributed by atoms with Gasteiger partial charge in [-0.05, 0) is 173 Å². The first-order valence-electron chi connectivity index (χ1n) is 30.4. The van der Waals surface area contributed by atoms with Gasteiger partial charge in [-0.2, -0.15) is 0 Å². The Hall–Kier alpha value is -9.08. The second-order valence-electron chi connectivity index (χ2n) is 22.2. The average molecular weight is 1210 g/mol. The van der Waals surface area contributed by atoms with Crippen molar-refractivity contribution in [1.29, 1.82) is 0 Å². The molecule has 1 unspecified atom stereocenters. The number of unbranched alkanes of at least 4 members (excludes halogenated alkanes) is 3. The van der Waals surface area contributed by atoms with Crippen molar-refractivity contribution in [2.45, 2.75) is 94.9 Å². The van der Waals surface area contributed by atoms with Crippen LogP contribution in [-0.2, 0) is 32.7 Å². The number of oxime groups is 2. The quantitative estimate of drug-likeness (QED) is 0.0210. The predicted molar refractivity (Wildman–Crippen MR) is 359 cm³/mol. The third-order valence-corrected chi connectivity index (χ3v) is 17.0. The van der Waals surface area contributed by atoms with E-state index >= 15 is 0 Å². The van der Waals surface area contributed by atoms with Crippen LogP contribution in [0.15, 0.2) is 220 Å². The molecule has 8 aromatic carbocycles. The number of fused-ring (bicyclic) bond motifs is 3. The lowest BCUT2D eigenvalue weighted by Gasteiger charge is -2.38. The number of hydrogen-bond donors (Lipinski definition) is 0. The normalized spacial score (nSPS) is 13.2. The Morgan fingerprint density at radius 2 is 1.16 bits per heavy atom. The number of ketones is 3. The number of nitrogens with zero attached hydrogens (tertiary/aromatic N) is 5. The topological polar surface area (TPSA) is 149 Å². The molecule has 1 atom stereocenters. The lowest BCUT2D eigenvalue weighted by atomic mass is 9.80. The van der Waals surface area contributed by atoms with Crippen LogP contribution in [0.4, 0.5) is 5.69 Å². The van der Waals surface area contributed by atoms with Gasteiger partial charge in [0.1, 0.15) is 5.71 Å². The maximum Gasteiger partial charge on any atom is 0.365 e. The van der Waals surface area contributed by atoms with Crippen LogP contribution in [0.5, 0.6) is 0 Å². The fraction of sp³-hybridized carbons (Fsp3) is 0.267. The first-order chi connectivity index (χ1) is 43.1. The Bertz CT molecular complexity index is 3920. The van der Waals surface area contributed by atoms with E-state index in [4.69, 9.17) is 14.4 Å². The summed E-state index contributed by atoms with van der Waals surface area (Å²) in [6, 6.07) is 64.0. The van der Waals surface area contributed by atoms with Crippen molar-refractivity contribution >= 4 is 80.0 Å². The van der Waals surface area contributed by atoms with Crippen molar-refractivity contribution in [3.63, 3.8) is 0 Å². The molecule has 9 aromatic rings. The van der Waals surface area contributed by atoms with Crippen molar-refractivity contribution in [3.05, 3.63) is 245 Å². The molecule has 1 aromatic heterocycles. The summed E-state index contributed by atoms with van der Waals surface area (Å²) in [6.45, 7) is 12.6. The molecule has 1 fully saturated rings. The van der Waals surface area contributed by atoms with Gasteiger partial charge in [-0.3, -0.25) is 19.3 Å². The van der Waals surface area contributed by atoms with Gasteiger partial charge in [0, 0.05) is 86.6 Å². The summed E-state index contributed by atoms with van der Waals surface area (Å²) in [5.41, 5.74) is 9.66. The summed E-state index contributed by atoms with van der Waals surface area (Å²) in [5.74, 6) is -1.04. The van der Waals surface area contributed by atoms with Gasteiger partial charge in [0.2, 0.25) is 5.78 Å². The van der Waals surface area contributed by atoms with Gasteiger partial charge in [-0.25, -0.2) is 9.59 Å². The van der Waals surface area contributed by atoms with Gasteiger partial charge in [-0.15, -0.1) is 0 Å². The first-order valence-corrected chi connectivity index (χ1v) is 31.2. The van der Waals surface area contributed by atoms with E-state index in [-0.39, 0.29) is 23.1 Å². The Kier molecular flexibility index (Phi) is 23.9. The van der Waals surface area contributed by atoms with Crippen molar-refractivity contribution < 1.29 is 38.4 Å². The first kappa shape index (κ1) is 65.9. The molecule has 0 saturated carbocycles. The van der Waals surface area contributed by atoms with Crippen molar-refractivity contribution in [2.75, 3.05) is 45.3 Å². The van der Waals surface area contributed by atoms with Crippen molar-refractivity contribution in [1.82, 2.24) is 9.47 Å². The number of morpholine rings is 1. The Balaban J connectivity index is 0.000000173. The van der Waals surface area contributed by atoms with Crippen LogP contribution in [0, 0.1) is 6.92 Å². The zero-order chi connectivity index (χ0) is 63.3. The van der Waals surface area contributed by atoms with Gasteiger partial charge in [0.25, 0.3) is 0 Å². The van der Waals surface area contributed by atoms with E-state index in [1.54, 1.807) is 55.1 Å². The van der Waals surface area contributed by atoms with Gasteiger partial charge in [0.15, 0.2) is 11.6 Å². The molecule has 2 heterocycles. The minimum absolute atomic E-state index is 0.00996. The van der Waals surface area contributed by atoms with E-state index in [9.17, 15) is 24.0 Å². The highest BCUT2D eigenvalue weighted by Gasteiger charge is 2.39. The zero-order valence-electron chi connectivity index (χ0n) is 52.2. The predicted octanol–water partition coefficient (Wildman–Crippen LogP) is 16.0. The van der Waals surface area contributed by atoms with Gasteiger partial charge >= 0.3 is 11.9 Å². The van der Waals surface area contributed by atoms with Crippen LogP contribution in [0.2, 0.25) is 0 Å². The molecule has 1 aliphatic rings. The molecular weight excluding hydrogens is 1130 g/mol. The minimum atomic E-state index is -0.570. The molecule has 458 valence electrons. The summed E-state index contributed by atoms with van der Waals surface area (Å²) < 4.78 is 7.53. The molecular formula is C75H79N5O8S. The van der Waals surface area contributed by atoms with Gasteiger partial charge < -0.3 is 23.9 Å². The number of carbonyl (C=O) groups is 5. The largest absolute Gasteiger partial charge is 0.378 e. The van der Waals surface area contributed by atoms with Gasteiger partial charge in [-0.1, -0.05) is 152 Å². The molecule has 0 amide bonds. The molecule has 14 heteroatoms. The number of rotatable bonds is 22. The minimum Gasteiger partial charge on any atom is -0.378 e. The summed E-state index contributed by atoms with van der Waals surface area (Å²) in [7, 11) is 6.02. The van der Waals surface area contributed by atoms with Crippen LogP contribution in [0.1, 0.15) is 130 Å². The monoisotopic (exact) mass is 1210 g/mol. The molecule has 0 spiro atoms. The second kappa shape index (κ2) is 32.2. The number of hydrogen-bond acceptors (Lipinski definition) is 13. The summed E-state index contributed by atoms with van der Waals surface area (Å²) >= 11 is 1.64. The summed E-state index contributed by atoms with van der Waals surface area (Å²) in [4.78, 5) is 79.5. The maximum atomic E-state index is 13.6. The molecule has 1 aliphatic heterocycles. The van der Waals surface area contributed by atoms with E-state index in [2.05, 4.69) is 62.8 Å². The van der Waals surface area contributed by atoms with E-state index in [0.717, 1.165) is 112 Å². The third kappa shape index (κ3) is 17.4. The number of aromatic nitrogens is 1. The smallest absolute Gasteiger partial charge is 0.365 e. The Labute approximate surface area is 527 Å². The number of likely N-dealkylation sites (N-methyl/N-ethyl adjacent to an activating group) is 1. The van der Waals surface area contributed by atoms with Crippen molar-refractivity contribution in [2.24, 2.45) is 17.4 Å². The van der Waals surface area contributed by atoms with Crippen molar-refractivity contribution in [3.8, 4) is 0 Å². The van der Waals surface area contributed by atoms with E-state index in [1.807, 2.05) is 168 Å². The van der Waals surface area contributed by atoms with Gasteiger partial charge in [0.05, 0.1) is 30.0 Å². The molecule has 13 nitrogen and oxygen atoms in total. The van der Waals surface area contributed by atoms with E-state index in [0.29, 0.717) is 40.8 Å². The maximum absolute atomic E-state index is 13.6. The van der Waals surface area contributed by atoms with Crippen LogP contribution >= 0.6 is 11.8 Å². The summed E-state index contributed by atoms with van der Waals surface area (Å²) in [6.07, 6.45) is 5.97. The van der Waals surface area contributed by atoms with Crippen LogP contribution in [0.3, 0.4) is 0 Å². The average Bonchev–Trinajstić information content (AvgIpc) is 1.96. The Morgan fingerprint density at radius 3 is 1.76 bits per heavy atom. The molecule has 0 N–H and O–H groups in total. The number of ether oxygens (including phenoxy) is 1. The molecule has 0 aliphatic carbocycles. The van der Waals surface area contributed by atoms with E-state index < -0.39 is 17.5 Å². The molecule has 10 rings (SSSR count). The third-order valence-electron chi connectivity index (χ3n) is 16.0. The fourth-order valence-electron chi connectivity index (χ4n) is 10.8. The molecule has 1 saturated heterocycles. The molecule has 0 bridgehead atoms. The highest BCUT2D eigenvalue weighted by atomic mass is 32.2. The fourth-order valence-corrected chi connectivity index (χ4v) is 11.6. The lowest BCUT2D eigenvalue weighted by Crippen LogP contribution is -2.52. The Morgan fingerprint density at radius 1 is 0.596 bits per heavy atom. The van der Waals surface area contributed by atoms with Crippen LogP contribution < -0.4 is 4.90 Å². The second-order valence-corrected chi connectivity index (χ2v) is 23.4. The lowest BCUT2D eigenvalue weighted by molar-refractivity contribution is -0.140. The number of benzene rings is 8. The standard InChI is InChI=1S/C27H27NO3S.C25H22N2O3.C23H30N2O2/c1-2-3-4-11-16-25(28-31-27(30)22-12-7-5-8-13-22)26(29)21-17-19-24(20-18-21)32-23-14-9-6-10-15-23;1-15-7-5-6-8-20(15)25(29)19-10-12-24-22(14-19)21-13-18(9-11-23(21)27(24)4)16(2)26-30-17(3)28;1-4-23(24(2)3,18-19-8-6-5-7-9-19)22(26)20-10-12-21(13-11-20)25-14-16-27-17-15-25/h5-10,12-15,17-20H,2-4,11,16H2,1H3;5-14H,1-4H3;5-13H,4,14-18H2,1-3H3/b28-25-;26-16+;. The number of Topliss-reactive ketones (excluding diaryl/α,β-unsaturated/α-hetero) is 2. The highest BCUT2D eigenvalue weighted by molar-refractivity contribution is 7.99. The molecule has 89 heavy (non-hydrogen) atoms. The van der Waals surface area contributed by atoms with E-state index in [1.165, 1.54) is 12.5 Å². The highest BCUT2D eigenvalue weighted by Crippen LogP contribution is 2.33. The number of anilines is 1. The van der Waals surface area contributed by atoms with Crippen LogP contribution in [0.25, 0.3) is 21.8 Å². The zero-order valence-corrected chi connectivity index (χ0v) is 53.1. The SMILES string of the molecule is CC(=O)O/N=C(\C)c1ccc2c(c1)c1cc(C(=O)c3ccccc3C)ccc1n2C.CCC(Cc1ccccc1)(C(=O)c1ccc(N2CCOCC2)cc1)N(C)C.CCCCCC/C(=N/OC(=O)c1ccccc1)C(=O)c1ccc(Sc2ccccc2)cc1. The number of carbonyl (C=O) groups excluding carboxylic acids is 5. The summed E-state index contributed by atoms with van der Waals surface area (Å²) in [5, 5.41) is 9.88.